The molecule has 150 valence electrons. The third-order valence-electron chi connectivity index (χ3n) is 4.54. The Morgan fingerprint density at radius 2 is 1.96 bits per heavy atom. The number of ether oxygens (including phenoxy) is 1. The first-order valence-electron chi connectivity index (χ1n) is 8.90. The number of rotatable bonds is 8. The van der Waals surface area contributed by atoms with Gasteiger partial charge in [0.1, 0.15) is 6.61 Å². The number of esters is 1. The van der Waals surface area contributed by atoms with Crippen LogP contribution in [0.4, 0.5) is 4.79 Å². The maximum absolute atomic E-state index is 12.9. The zero-order chi connectivity index (χ0) is 19.9. The standard InChI is InChI=1S/C18H27N3O5S/c19-9-5-4-8-14(20)17(23)27(18(24)25)11-10-21-15(27)16(22)26-12-13-6-2-1-3-7-13/h1-3,6-7,14-15,21H,4-5,8-12,19-20H2,(H,24,25)/t14-,15?/m0/s1. The van der Waals surface area contributed by atoms with Gasteiger partial charge in [-0.25, -0.2) is 9.59 Å². The molecule has 9 heteroatoms. The van der Waals surface area contributed by atoms with E-state index in [0.717, 1.165) is 5.56 Å². The number of hydrogen-bond donors (Lipinski definition) is 4. The highest BCUT2D eigenvalue weighted by atomic mass is 32.3. The van der Waals surface area contributed by atoms with E-state index in [9.17, 15) is 19.5 Å². The number of nitrogens with two attached hydrogens (primary N) is 2. The summed E-state index contributed by atoms with van der Waals surface area (Å²) in [5.74, 6) is -0.645. The molecule has 0 amide bonds. The Morgan fingerprint density at radius 3 is 2.59 bits per heavy atom. The Morgan fingerprint density at radius 1 is 1.26 bits per heavy atom. The van der Waals surface area contributed by atoms with Crippen LogP contribution in [-0.2, 0) is 20.9 Å². The molecule has 2 rings (SSSR count). The van der Waals surface area contributed by atoms with Crippen LogP contribution in [0.2, 0.25) is 0 Å². The molecule has 3 atom stereocenters. The molecule has 0 bridgehead atoms. The van der Waals surface area contributed by atoms with Gasteiger partial charge in [-0.05, 0) is 24.9 Å². The van der Waals surface area contributed by atoms with Crippen LogP contribution in [-0.4, -0.2) is 51.8 Å². The number of carbonyl (C=O) groups is 3. The fraction of sp³-hybridized carbons (Fsp3) is 0.500. The van der Waals surface area contributed by atoms with Gasteiger partial charge in [0, 0.05) is 12.3 Å². The fourth-order valence-electron chi connectivity index (χ4n) is 3.05. The second-order valence-corrected chi connectivity index (χ2v) is 9.62. The van der Waals surface area contributed by atoms with Crippen LogP contribution in [0, 0.1) is 0 Å². The number of nitrogens with one attached hydrogen (secondary N) is 1. The van der Waals surface area contributed by atoms with E-state index in [1.165, 1.54) is 0 Å². The maximum Gasteiger partial charge on any atom is 0.355 e. The molecule has 1 aromatic rings. The summed E-state index contributed by atoms with van der Waals surface area (Å²) in [5, 5.41) is 9.70. The lowest BCUT2D eigenvalue weighted by Gasteiger charge is -2.34. The average molecular weight is 397 g/mol. The molecule has 0 radical (unpaired) electrons. The van der Waals surface area contributed by atoms with Crippen molar-refractivity contribution < 1.29 is 24.2 Å². The van der Waals surface area contributed by atoms with Crippen molar-refractivity contribution in [3.8, 4) is 0 Å². The molecule has 0 saturated carbocycles. The summed E-state index contributed by atoms with van der Waals surface area (Å²) in [7, 11) is -3.00. The molecule has 0 aromatic heterocycles. The lowest BCUT2D eigenvalue weighted by Crippen LogP contribution is -2.45. The second-order valence-electron chi connectivity index (χ2n) is 6.40. The summed E-state index contributed by atoms with van der Waals surface area (Å²) in [6, 6.07) is 8.14. The minimum absolute atomic E-state index is 0.0176. The molecular formula is C18H27N3O5S. The number of benzene rings is 1. The monoisotopic (exact) mass is 397 g/mol. The summed E-state index contributed by atoms with van der Waals surface area (Å²) < 4.78 is 5.29. The van der Waals surface area contributed by atoms with Gasteiger partial charge in [-0.2, -0.15) is 0 Å². The Hall–Kier alpha value is -1.94. The second kappa shape index (κ2) is 9.84. The highest BCUT2D eigenvalue weighted by Crippen LogP contribution is 2.56. The molecule has 1 aliphatic rings. The molecule has 1 heterocycles. The minimum atomic E-state index is -3.00. The van der Waals surface area contributed by atoms with Crippen molar-refractivity contribution >= 4 is 26.4 Å². The molecule has 2 unspecified atom stereocenters. The molecule has 0 spiro atoms. The summed E-state index contributed by atoms with van der Waals surface area (Å²) in [5.41, 5.74) is 12.2. The van der Waals surface area contributed by atoms with Gasteiger partial charge < -0.3 is 21.3 Å². The van der Waals surface area contributed by atoms with E-state index >= 15 is 0 Å². The van der Waals surface area contributed by atoms with Gasteiger partial charge in [0.25, 0.3) is 0 Å². The van der Waals surface area contributed by atoms with Gasteiger partial charge in [-0.1, -0.05) is 46.8 Å². The van der Waals surface area contributed by atoms with Gasteiger partial charge in [-0.3, -0.25) is 10.1 Å². The fourth-order valence-corrected chi connectivity index (χ4v) is 6.17. The summed E-state index contributed by atoms with van der Waals surface area (Å²) in [6.07, 6.45) is 1.69. The Labute approximate surface area is 159 Å². The van der Waals surface area contributed by atoms with Gasteiger partial charge in [0.15, 0.2) is 10.5 Å². The zero-order valence-corrected chi connectivity index (χ0v) is 16.0. The van der Waals surface area contributed by atoms with E-state index in [0.29, 0.717) is 25.8 Å². The number of carbonyl (C=O) groups excluding carboxylic acids is 2. The summed E-state index contributed by atoms with van der Waals surface area (Å²) in [4.78, 5) is 37.6. The van der Waals surface area contributed by atoms with Crippen molar-refractivity contribution in [2.75, 3.05) is 18.8 Å². The van der Waals surface area contributed by atoms with Crippen molar-refractivity contribution in [3.63, 3.8) is 0 Å². The Bertz CT molecular complexity index is 672. The SMILES string of the molecule is NCCCC[C@H](N)C(=O)S1(C(=O)O)CCNC1C(=O)OCc1ccccc1. The first-order valence-corrected chi connectivity index (χ1v) is 10.8. The molecule has 0 aliphatic carbocycles. The first-order chi connectivity index (χ1) is 12.9. The van der Waals surface area contributed by atoms with Crippen molar-refractivity contribution in [3.05, 3.63) is 35.9 Å². The van der Waals surface area contributed by atoms with Crippen LogP contribution < -0.4 is 16.8 Å². The Balaban J connectivity index is 2.12. The topological polar surface area (TPSA) is 145 Å². The highest BCUT2D eigenvalue weighted by molar-refractivity contribution is 8.56. The average Bonchev–Trinajstić information content (AvgIpc) is 3.12. The van der Waals surface area contributed by atoms with Gasteiger partial charge in [-0.15, -0.1) is 0 Å². The van der Waals surface area contributed by atoms with Crippen molar-refractivity contribution in [2.45, 2.75) is 37.3 Å². The first kappa shape index (κ1) is 21.4. The number of carboxylic acid groups (broad SMARTS) is 1. The molecule has 6 N–H and O–H groups in total. The lowest BCUT2D eigenvalue weighted by molar-refractivity contribution is -0.145. The zero-order valence-electron chi connectivity index (χ0n) is 15.1. The molecule has 27 heavy (non-hydrogen) atoms. The molecular weight excluding hydrogens is 370 g/mol. The van der Waals surface area contributed by atoms with E-state index in [2.05, 4.69) is 5.32 Å². The van der Waals surface area contributed by atoms with Crippen LogP contribution in [0.1, 0.15) is 24.8 Å². The maximum atomic E-state index is 12.9. The molecule has 1 fully saturated rings. The number of hydrogen-bond acceptors (Lipinski definition) is 7. The molecule has 1 aliphatic heterocycles. The van der Waals surface area contributed by atoms with Crippen molar-refractivity contribution in [2.24, 2.45) is 11.5 Å². The van der Waals surface area contributed by atoms with E-state index < -0.39 is 37.8 Å². The largest absolute Gasteiger partial charge is 0.474 e. The Kier molecular flexibility index (Phi) is 7.78. The predicted molar refractivity (Wildman–Crippen MR) is 104 cm³/mol. The predicted octanol–water partition coefficient (Wildman–Crippen LogP) is 1.12. The normalized spacial score (nSPS) is 25.3. The smallest absolute Gasteiger partial charge is 0.355 e. The molecule has 1 aromatic carbocycles. The van der Waals surface area contributed by atoms with E-state index in [-0.39, 0.29) is 18.9 Å². The third kappa shape index (κ3) is 4.86. The van der Waals surface area contributed by atoms with Crippen LogP contribution >= 0.6 is 10.0 Å². The third-order valence-corrected chi connectivity index (χ3v) is 8.19. The summed E-state index contributed by atoms with van der Waals surface area (Å²) in [6.45, 7) is 0.756. The summed E-state index contributed by atoms with van der Waals surface area (Å²) >= 11 is 0. The van der Waals surface area contributed by atoms with Crippen LogP contribution in [0.3, 0.4) is 0 Å². The van der Waals surface area contributed by atoms with Gasteiger partial charge >= 0.3 is 11.3 Å². The van der Waals surface area contributed by atoms with Gasteiger partial charge in [0.05, 0.1) is 6.04 Å². The van der Waals surface area contributed by atoms with Crippen molar-refractivity contribution in [1.29, 1.82) is 0 Å². The van der Waals surface area contributed by atoms with E-state index in [1.54, 1.807) is 12.1 Å². The quantitative estimate of drug-likeness (QED) is 0.377. The van der Waals surface area contributed by atoms with Crippen LogP contribution in [0.15, 0.2) is 30.3 Å². The van der Waals surface area contributed by atoms with Gasteiger partial charge in [0.2, 0.25) is 0 Å². The van der Waals surface area contributed by atoms with Crippen LogP contribution in [0.25, 0.3) is 0 Å². The lowest BCUT2D eigenvalue weighted by atomic mass is 10.1. The number of unbranched alkanes of at least 4 members (excludes halogenated alkanes) is 1. The van der Waals surface area contributed by atoms with Crippen LogP contribution in [0.5, 0.6) is 0 Å². The molecule has 8 nitrogen and oxygen atoms in total. The van der Waals surface area contributed by atoms with E-state index in [1.807, 2.05) is 18.2 Å². The highest BCUT2D eigenvalue weighted by Gasteiger charge is 2.55. The van der Waals surface area contributed by atoms with E-state index in [4.69, 9.17) is 16.2 Å². The molecule has 1 saturated heterocycles. The minimum Gasteiger partial charge on any atom is -0.474 e. The van der Waals surface area contributed by atoms with Crippen molar-refractivity contribution in [1.82, 2.24) is 5.32 Å².